The van der Waals surface area contributed by atoms with Gasteiger partial charge in [-0.2, -0.15) is 0 Å². The van der Waals surface area contributed by atoms with E-state index in [-0.39, 0.29) is 18.0 Å². The number of carbonyl (C=O) groups is 1. The molecule has 1 aliphatic rings. The highest BCUT2D eigenvalue weighted by Gasteiger charge is 2.39. The molecule has 3 N–H and O–H groups in total. The molecule has 2 heterocycles. The number of hydrogen-bond donors (Lipinski definition) is 3. The van der Waals surface area contributed by atoms with Crippen LogP contribution in [0.2, 0.25) is 0 Å². The summed E-state index contributed by atoms with van der Waals surface area (Å²) in [5.74, 6) is -0.743. The van der Waals surface area contributed by atoms with Crippen LogP contribution in [0.1, 0.15) is 24.3 Å². The summed E-state index contributed by atoms with van der Waals surface area (Å²) in [6.07, 6.45) is 0.176. The monoisotopic (exact) mass is 240 g/mol. The number of thiophene rings is 1. The van der Waals surface area contributed by atoms with E-state index >= 15 is 0 Å². The van der Waals surface area contributed by atoms with Gasteiger partial charge in [0.1, 0.15) is 0 Å². The van der Waals surface area contributed by atoms with Gasteiger partial charge in [0.2, 0.25) is 0 Å². The lowest BCUT2D eigenvalue weighted by atomic mass is 9.87. The number of hydrogen-bond acceptors (Lipinski definition) is 4. The number of aliphatic carboxylic acids is 1. The molecule has 0 bridgehead atoms. The zero-order chi connectivity index (χ0) is 11.6. The van der Waals surface area contributed by atoms with Crippen LogP contribution >= 0.6 is 11.3 Å². The van der Waals surface area contributed by atoms with E-state index in [2.05, 4.69) is 23.6 Å². The third-order valence-corrected chi connectivity index (χ3v) is 3.96. The van der Waals surface area contributed by atoms with Crippen molar-refractivity contribution in [3.05, 3.63) is 22.4 Å². The maximum absolute atomic E-state index is 10.8. The van der Waals surface area contributed by atoms with Gasteiger partial charge < -0.3 is 15.7 Å². The number of rotatable bonds is 5. The summed E-state index contributed by atoms with van der Waals surface area (Å²) < 4.78 is 0. The van der Waals surface area contributed by atoms with Gasteiger partial charge in [-0.05, 0) is 18.4 Å². The average molecular weight is 240 g/mol. The van der Waals surface area contributed by atoms with Gasteiger partial charge in [-0.1, -0.05) is 6.07 Å². The van der Waals surface area contributed by atoms with Crippen molar-refractivity contribution in [2.75, 3.05) is 13.1 Å². The lowest BCUT2D eigenvalue weighted by molar-refractivity contribution is -0.139. The van der Waals surface area contributed by atoms with E-state index in [1.807, 2.05) is 11.4 Å². The van der Waals surface area contributed by atoms with Crippen LogP contribution < -0.4 is 10.6 Å². The molecule has 1 unspecified atom stereocenters. The van der Waals surface area contributed by atoms with E-state index in [4.69, 9.17) is 5.11 Å². The van der Waals surface area contributed by atoms with Gasteiger partial charge in [0, 0.05) is 24.0 Å². The molecule has 88 valence electrons. The Labute approximate surface area is 98.7 Å². The van der Waals surface area contributed by atoms with Crippen molar-refractivity contribution in [1.29, 1.82) is 0 Å². The summed E-state index contributed by atoms with van der Waals surface area (Å²) in [4.78, 5) is 12.1. The van der Waals surface area contributed by atoms with Crippen LogP contribution in [0.25, 0.3) is 0 Å². The molecular weight excluding hydrogens is 224 g/mol. The fraction of sp³-hybridized carbons (Fsp3) is 0.545. The summed E-state index contributed by atoms with van der Waals surface area (Å²) in [5, 5.41) is 17.5. The molecule has 4 nitrogen and oxygen atoms in total. The predicted molar refractivity (Wildman–Crippen MR) is 63.7 cm³/mol. The molecule has 1 fully saturated rings. The fourth-order valence-electron chi connectivity index (χ4n) is 2.06. The summed E-state index contributed by atoms with van der Waals surface area (Å²) in [7, 11) is 0. The molecule has 1 saturated heterocycles. The van der Waals surface area contributed by atoms with E-state index in [9.17, 15) is 4.79 Å². The lowest BCUT2D eigenvalue weighted by Crippen LogP contribution is -2.68. The summed E-state index contributed by atoms with van der Waals surface area (Å²) in [6.45, 7) is 3.54. The summed E-state index contributed by atoms with van der Waals surface area (Å²) in [5.41, 5.74) is -0.269. The number of nitrogens with one attached hydrogen (secondary N) is 2. The Balaban J connectivity index is 1.99. The topological polar surface area (TPSA) is 61.4 Å². The van der Waals surface area contributed by atoms with Crippen molar-refractivity contribution in [2.24, 2.45) is 0 Å². The second-order valence-corrected chi connectivity index (χ2v) is 5.32. The zero-order valence-electron chi connectivity index (χ0n) is 9.19. The smallest absolute Gasteiger partial charge is 0.305 e. The quantitative estimate of drug-likeness (QED) is 0.724. The van der Waals surface area contributed by atoms with Gasteiger partial charge >= 0.3 is 5.97 Å². The largest absolute Gasteiger partial charge is 0.481 e. The normalized spacial score (nSPS) is 20.1. The van der Waals surface area contributed by atoms with E-state index in [0.717, 1.165) is 13.1 Å². The maximum atomic E-state index is 10.8. The molecule has 1 aromatic heterocycles. The standard InChI is InChI=1S/C11H16N2O2S/c1-8(9-3-2-4-16-9)13-11(5-10(14)15)6-12-7-11/h2-4,8,12-13H,5-7H2,1H3,(H,14,15). The molecule has 16 heavy (non-hydrogen) atoms. The maximum Gasteiger partial charge on any atom is 0.305 e. The first-order valence-corrected chi connectivity index (χ1v) is 6.23. The van der Waals surface area contributed by atoms with Gasteiger partial charge in [0.25, 0.3) is 0 Å². The minimum Gasteiger partial charge on any atom is -0.481 e. The van der Waals surface area contributed by atoms with Crippen LogP contribution in [0, 0.1) is 0 Å². The van der Waals surface area contributed by atoms with Crippen molar-refractivity contribution < 1.29 is 9.90 Å². The Kier molecular flexibility index (Phi) is 3.28. The summed E-state index contributed by atoms with van der Waals surface area (Å²) in [6, 6.07) is 4.30. The molecule has 1 atom stereocenters. The Morgan fingerprint density at radius 1 is 1.75 bits per heavy atom. The van der Waals surface area contributed by atoms with Gasteiger partial charge in [0.15, 0.2) is 0 Å². The highest BCUT2D eigenvalue weighted by Crippen LogP contribution is 2.24. The average Bonchev–Trinajstić information content (AvgIpc) is 2.66. The van der Waals surface area contributed by atoms with Crippen LogP contribution in [0.4, 0.5) is 0 Å². The predicted octanol–water partition coefficient (Wildman–Crippen LogP) is 1.22. The first kappa shape index (κ1) is 11.6. The third-order valence-electron chi connectivity index (χ3n) is 2.91. The Bertz CT molecular complexity index is 360. The summed E-state index contributed by atoms with van der Waals surface area (Å²) >= 11 is 1.69. The van der Waals surface area contributed by atoms with E-state index in [1.54, 1.807) is 11.3 Å². The van der Waals surface area contributed by atoms with E-state index < -0.39 is 5.97 Å². The molecule has 5 heteroatoms. The molecule has 0 aromatic carbocycles. The van der Waals surface area contributed by atoms with E-state index in [0.29, 0.717) is 0 Å². The molecular formula is C11H16N2O2S. The minimum atomic E-state index is -0.743. The SMILES string of the molecule is CC(NC1(CC(=O)O)CNC1)c1cccs1. The third kappa shape index (κ3) is 2.42. The van der Waals surface area contributed by atoms with Gasteiger partial charge in [-0.15, -0.1) is 11.3 Å². The van der Waals surface area contributed by atoms with Crippen molar-refractivity contribution in [3.8, 4) is 0 Å². The molecule has 0 aliphatic carbocycles. The van der Waals surface area contributed by atoms with Crippen molar-refractivity contribution in [3.63, 3.8) is 0 Å². The molecule has 0 radical (unpaired) electrons. The second-order valence-electron chi connectivity index (χ2n) is 4.34. The van der Waals surface area contributed by atoms with E-state index in [1.165, 1.54) is 4.88 Å². The van der Waals surface area contributed by atoms with Crippen LogP contribution in [-0.2, 0) is 4.79 Å². The highest BCUT2D eigenvalue weighted by molar-refractivity contribution is 7.10. The molecule has 1 aromatic rings. The van der Waals surface area contributed by atoms with Crippen LogP contribution in [-0.4, -0.2) is 29.7 Å². The zero-order valence-corrected chi connectivity index (χ0v) is 10.0. The van der Waals surface area contributed by atoms with Gasteiger partial charge in [0.05, 0.1) is 12.0 Å². The van der Waals surface area contributed by atoms with Gasteiger partial charge in [-0.3, -0.25) is 4.79 Å². The van der Waals surface area contributed by atoms with Crippen molar-refractivity contribution in [1.82, 2.24) is 10.6 Å². The molecule has 0 spiro atoms. The van der Waals surface area contributed by atoms with Crippen molar-refractivity contribution >= 4 is 17.3 Å². The first-order chi connectivity index (χ1) is 7.61. The molecule has 0 saturated carbocycles. The number of carboxylic acids is 1. The number of carboxylic acid groups (broad SMARTS) is 1. The fourth-order valence-corrected chi connectivity index (χ4v) is 2.80. The minimum absolute atomic E-state index is 0.176. The molecule has 2 rings (SSSR count). The Hall–Kier alpha value is -0.910. The van der Waals surface area contributed by atoms with Crippen LogP contribution in [0.3, 0.4) is 0 Å². The molecule has 0 amide bonds. The Morgan fingerprint density at radius 2 is 2.50 bits per heavy atom. The lowest BCUT2D eigenvalue weighted by Gasteiger charge is -2.44. The molecule has 1 aliphatic heterocycles. The highest BCUT2D eigenvalue weighted by atomic mass is 32.1. The Morgan fingerprint density at radius 3 is 2.94 bits per heavy atom. The van der Waals surface area contributed by atoms with Crippen LogP contribution in [0.5, 0.6) is 0 Å². The van der Waals surface area contributed by atoms with Gasteiger partial charge in [-0.25, -0.2) is 0 Å². The first-order valence-electron chi connectivity index (χ1n) is 5.35. The second kappa shape index (κ2) is 4.53. The van der Waals surface area contributed by atoms with Crippen molar-refractivity contribution in [2.45, 2.75) is 24.9 Å². The van der Waals surface area contributed by atoms with Crippen LogP contribution in [0.15, 0.2) is 17.5 Å².